The van der Waals surface area contributed by atoms with Gasteiger partial charge in [0.1, 0.15) is 13.1 Å². The molecule has 2 rings (SSSR count). The maximum atomic E-state index is 2.41. The van der Waals surface area contributed by atoms with Crippen LogP contribution in [-0.4, -0.2) is 43.3 Å². The second kappa shape index (κ2) is 9.34. The third-order valence-electron chi connectivity index (χ3n) is 5.55. The molecule has 2 aromatic rings. The Labute approximate surface area is 161 Å². The summed E-state index contributed by atoms with van der Waals surface area (Å²) in [4.78, 5) is 0. The summed E-state index contributed by atoms with van der Waals surface area (Å²) in [6.07, 6.45) is 5.77. The smallest absolute Gasteiger partial charge is 0.216 e. The predicted octanol–water partition coefficient (Wildman–Crippen LogP) is 5.45. The number of quaternary nitrogens is 2. The van der Waals surface area contributed by atoms with Gasteiger partial charge in [0.2, 0.25) is 6.17 Å². The minimum atomic E-state index is 0.571. The van der Waals surface area contributed by atoms with Gasteiger partial charge in [-0.3, -0.25) is 8.97 Å². The van der Waals surface area contributed by atoms with E-state index in [1.807, 2.05) is 0 Å². The third kappa shape index (κ3) is 5.96. The van der Waals surface area contributed by atoms with Crippen molar-refractivity contribution in [2.75, 3.05) is 28.2 Å². The number of hydrogen-bond donors (Lipinski definition) is 0. The van der Waals surface area contributed by atoms with Crippen LogP contribution >= 0.6 is 0 Å². The molecule has 0 radical (unpaired) electrons. The highest BCUT2D eigenvalue weighted by Crippen LogP contribution is 2.27. The van der Waals surface area contributed by atoms with Gasteiger partial charge in [0.05, 0.1) is 34.6 Å². The number of nitrogens with zero attached hydrogens (tertiary/aromatic N) is 2. The molecule has 0 amide bonds. The van der Waals surface area contributed by atoms with Crippen molar-refractivity contribution in [1.82, 2.24) is 0 Å². The second-order valence-corrected chi connectivity index (χ2v) is 8.82. The van der Waals surface area contributed by atoms with Crippen molar-refractivity contribution >= 4 is 0 Å². The SMILES string of the molecule is CCCCCC([N+](C)(C)Cc1ccccc1)[N+](C)(C)Cc1ccccc1. The third-order valence-corrected chi connectivity index (χ3v) is 5.55. The normalized spacial score (nSPS) is 12.5. The molecule has 0 bridgehead atoms. The highest BCUT2D eigenvalue weighted by Gasteiger charge is 2.41. The molecule has 2 nitrogen and oxygen atoms in total. The van der Waals surface area contributed by atoms with E-state index in [0.29, 0.717) is 6.17 Å². The molecule has 0 unspecified atom stereocenters. The summed E-state index contributed by atoms with van der Waals surface area (Å²) < 4.78 is 2.04. The van der Waals surface area contributed by atoms with Crippen LogP contribution in [0.5, 0.6) is 0 Å². The summed E-state index contributed by atoms with van der Waals surface area (Å²) in [5.74, 6) is 0. The minimum absolute atomic E-state index is 0.571. The van der Waals surface area contributed by atoms with E-state index in [-0.39, 0.29) is 0 Å². The second-order valence-electron chi connectivity index (χ2n) is 8.82. The maximum absolute atomic E-state index is 2.41. The Kier molecular flexibility index (Phi) is 7.43. The van der Waals surface area contributed by atoms with E-state index in [4.69, 9.17) is 0 Å². The van der Waals surface area contributed by atoms with Gasteiger partial charge in [-0.25, -0.2) is 0 Å². The van der Waals surface area contributed by atoms with E-state index >= 15 is 0 Å². The van der Waals surface area contributed by atoms with Gasteiger partial charge in [-0.2, -0.15) is 0 Å². The Hall–Kier alpha value is -1.64. The van der Waals surface area contributed by atoms with Crippen LogP contribution in [0, 0.1) is 0 Å². The lowest BCUT2D eigenvalue weighted by Gasteiger charge is -2.47. The first-order chi connectivity index (χ1) is 12.3. The Balaban J connectivity index is 2.22. The molecule has 0 aliphatic heterocycles. The molecule has 0 atom stereocenters. The Bertz CT molecular complexity index is 578. The first-order valence-corrected chi connectivity index (χ1v) is 10.1. The molecular formula is C24H38N2+2. The summed E-state index contributed by atoms with van der Waals surface area (Å²) in [5, 5.41) is 0. The topological polar surface area (TPSA) is 0 Å². The monoisotopic (exact) mass is 354 g/mol. The molecule has 0 saturated carbocycles. The van der Waals surface area contributed by atoms with Crippen molar-refractivity contribution in [3.8, 4) is 0 Å². The molecule has 0 aliphatic rings. The standard InChI is InChI=1S/C24H38N2/c1-6-7-10-19-24(25(2,3)20-22-15-11-8-12-16-22)26(4,5)21-23-17-13-9-14-18-23/h8-9,11-18,24H,6-7,10,19-21H2,1-5H3/q+2. The zero-order chi connectivity index (χ0) is 19.0. The highest BCUT2D eigenvalue weighted by atomic mass is 15.5. The van der Waals surface area contributed by atoms with Crippen LogP contribution in [0.2, 0.25) is 0 Å². The quantitative estimate of drug-likeness (QED) is 0.302. The summed E-state index contributed by atoms with van der Waals surface area (Å²) in [7, 11) is 9.65. The van der Waals surface area contributed by atoms with Gasteiger partial charge < -0.3 is 0 Å². The molecule has 0 fully saturated rings. The van der Waals surface area contributed by atoms with E-state index in [2.05, 4.69) is 95.8 Å². The zero-order valence-corrected chi connectivity index (χ0v) is 17.5. The molecule has 2 aromatic carbocycles. The van der Waals surface area contributed by atoms with E-state index in [9.17, 15) is 0 Å². The molecule has 0 N–H and O–H groups in total. The summed E-state index contributed by atoms with van der Waals surface area (Å²) in [6.45, 7) is 4.45. The van der Waals surface area contributed by atoms with Crippen LogP contribution < -0.4 is 0 Å². The van der Waals surface area contributed by atoms with Crippen molar-refractivity contribution in [3.63, 3.8) is 0 Å². The van der Waals surface area contributed by atoms with Crippen molar-refractivity contribution < 1.29 is 8.97 Å². The molecular weight excluding hydrogens is 316 g/mol. The number of benzene rings is 2. The molecule has 0 spiro atoms. The van der Waals surface area contributed by atoms with Crippen LogP contribution in [0.4, 0.5) is 0 Å². The Morgan fingerprint density at radius 3 is 1.46 bits per heavy atom. The van der Waals surface area contributed by atoms with Crippen LogP contribution in [0.1, 0.15) is 43.7 Å². The lowest BCUT2D eigenvalue weighted by atomic mass is 10.1. The molecule has 26 heavy (non-hydrogen) atoms. The van der Waals surface area contributed by atoms with Gasteiger partial charge in [-0.1, -0.05) is 80.4 Å². The fourth-order valence-electron chi connectivity index (χ4n) is 4.44. The largest absolute Gasteiger partial charge is 0.276 e. The van der Waals surface area contributed by atoms with Crippen LogP contribution in [0.3, 0.4) is 0 Å². The van der Waals surface area contributed by atoms with Gasteiger partial charge in [-0.15, -0.1) is 0 Å². The molecule has 0 aliphatic carbocycles. The van der Waals surface area contributed by atoms with E-state index in [0.717, 1.165) is 22.1 Å². The van der Waals surface area contributed by atoms with Crippen LogP contribution in [-0.2, 0) is 13.1 Å². The van der Waals surface area contributed by atoms with Gasteiger partial charge in [-0.05, 0) is 6.42 Å². The molecule has 0 heterocycles. The molecule has 0 aromatic heterocycles. The summed E-state index contributed by atoms with van der Waals surface area (Å²) in [5.41, 5.74) is 2.86. The van der Waals surface area contributed by atoms with E-state index in [1.165, 1.54) is 36.8 Å². The average Bonchev–Trinajstić information content (AvgIpc) is 2.59. The first kappa shape index (κ1) is 20.7. The predicted molar refractivity (Wildman–Crippen MR) is 112 cm³/mol. The fourth-order valence-corrected chi connectivity index (χ4v) is 4.44. The van der Waals surface area contributed by atoms with E-state index < -0.39 is 0 Å². The number of rotatable bonds is 10. The van der Waals surface area contributed by atoms with E-state index in [1.54, 1.807) is 0 Å². The Morgan fingerprint density at radius 1 is 0.654 bits per heavy atom. The maximum Gasteiger partial charge on any atom is 0.216 e. The molecule has 0 saturated heterocycles. The lowest BCUT2D eigenvalue weighted by Crippen LogP contribution is -2.63. The molecule has 142 valence electrons. The Morgan fingerprint density at radius 2 is 1.08 bits per heavy atom. The van der Waals surface area contributed by atoms with Crippen LogP contribution in [0.15, 0.2) is 60.7 Å². The van der Waals surface area contributed by atoms with Gasteiger partial charge in [0.15, 0.2) is 0 Å². The summed E-state index contributed by atoms with van der Waals surface area (Å²) in [6, 6.07) is 21.9. The average molecular weight is 355 g/mol. The molecule has 2 heteroatoms. The van der Waals surface area contributed by atoms with Gasteiger partial charge in [0.25, 0.3) is 0 Å². The first-order valence-electron chi connectivity index (χ1n) is 10.1. The van der Waals surface area contributed by atoms with Crippen molar-refractivity contribution in [2.45, 2.75) is 51.9 Å². The van der Waals surface area contributed by atoms with Gasteiger partial charge >= 0.3 is 0 Å². The number of hydrogen-bond acceptors (Lipinski definition) is 0. The van der Waals surface area contributed by atoms with Gasteiger partial charge in [0, 0.05) is 11.1 Å². The zero-order valence-electron chi connectivity index (χ0n) is 17.5. The minimum Gasteiger partial charge on any atom is -0.276 e. The van der Waals surface area contributed by atoms with Crippen molar-refractivity contribution in [2.24, 2.45) is 0 Å². The fraction of sp³-hybridized carbons (Fsp3) is 0.500. The van der Waals surface area contributed by atoms with Crippen molar-refractivity contribution in [3.05, 3.63) is 71.8 Å². The highest BCUT2D eigenvalue weighted by molar-refractivity contribution is 5.14. The van der Waals surface area contributed by atoms with Crippen LogP contribution in [0.25, 0.3) is 0 Å². The summed E-state index contributed by atoms with van der Waals surface area (Å²) >= 11 is 0. The lowest BCUT2D eigenvalue weighted by molar-refractivity contribution is -1.12. The number of unbranched alkanes of at least 4 members (excludes halogenated alkanes) is 2. The van der Waals surface area contributed by atoms with Crippen molar-refractivity contribution in [1.29, 1.82) is 0 Å².